The molecule has 0 bridgehead atoms. The van der Waals surface area contributed by atoms with E-state index >= 15 is 0 Å². The summed E-state index contributed by atoms with van der Waals surface area (Å²) in [6, 6.07) is 9.21. The van der Waals surface area contributed by atoms with Gasteiger partial charge >= 0.3 is 0 Å². The van der Waals surface area contributed by atoms with Crippen LogP contribution in [0.5, 0.6) is 0 Å². The Morgan fingerprint density at radius 2 is 1.86 bits per heavy atom. The third-order valence-electron chi connectivity index (χ3n) is 5.23. The summed E-state index contributed by atoms with van der Waals surface area (Å²) in [6.45, 7) is 3.39. The summed E-state index contributed by atoms with van der Waals surface area (Å²) >= 11 is 0. The monoisotopic (exact) mass is 287 g/mol. The highest BCUT2D eigenvalue weighted by molar-refractivity contribution is 5.81. The van der Waals surface area contributed by atoms with Crippen molar-refractivity contribution < 1.29 is 1.43 Å². The number of aromatic nitrogens is 2. The molecule has 0 N–H and O–H groups in total. The lowest BCUT2D eigenvalue weighted by molar-refractivity contribution is 0.215. The fourth-order valence-electron chi connectivity index (χ4n) is 4.03. The lowest BCUT2D eigenvalue weighted by Gasteiger charge is -2.28. The minimum Gasteiger partial charge on any atom is -0.303 e. The normalized spacial score (nSPS) is 25.5. The first-order chi connectivity index (χ1) is 10.2. The molecule has 116 valence electrons. The third kappa shape index (κ3) is 2.98. The van der Waals surface area contributed by atoms with Crippen LogP contribution in [0.3, 0.4) is 0 Å². The molecule has 1 aromatic heterocycles. The van der Waals surface area contributed by atoms with Crippen molar-refractivity contribution in [3.05, 3.63) is 30.0 Å². The zero-order chi connectivity index (χ0) is 14.8. The van der Waals surface area contributed by atoms with Crippen LogP contribution in [0.1, 0.15) is 39.2 Å². The van der Waals surface area contributed by atoms with Crippen LogP contribution in [-0.4, -0.2) is 34.3 Å². The van der Waals surface area contributed by atoms with Crippen molar-refractivity contribution in [2.24, 2.45) is 13.0 Å². The number of hydrogen-bond acceptors (Lipinski definition) is 2. The largest absolute Gasteiger partial charge is 0.303 e. The molecule has 0 spiro atoms. The molecule has 1 saturated carbocycles. The van der Waals surface area contributed by atoms with E-state index in [2.05, 4.69) is 29.2 Å². The first-order valence-electron chi connectivity index (χ1n) is 8.25. The highest BCUT2D eigenvalue weighted by atomic mass is 15.3. The molecule has 1 aromatic carbocycles. The first kappa shape index (κ1) is 14.6. The molecule has 0 amide bonds. The van der Waals surface area contributed by atoms with E-state index in [1.807, 2.05) is 30.8 Å². The van der Waals surface area contributed by atoms with Gasteiger partial charge < -0.3 is 4.90 Å². The number of aryl methyl sites for hydroxylation is 2. The molecule has 3 heteroatoms. The van der Waals surface area contributed by atoms with Gasteiger partial charge in [-0.05, 0) is 51.8 Å². The summed E-state index contributed by atoms with van der Waals surface area (Å²) < 4.78 is 1.91. The van der Waals surface area contributed by atoms with E-state index in [1.54, 1.807) is 0 Å². The van der Waals surface area contributed by atoms with Gasteiger partial charge in [-0.3, -0.25) is 4.68 Å². The van der Waals surface area contributed by atoms with Crippen molar-refractivity contribution in [2.75, 3.05) is 13.6 Å². The van der Waals surface area contributed by atoms with Gasteiger partial charge in [0.05, 0.1) is 11.2 Å². The van der Waals surface area contributed by atoms with Gasteiger partial charge in [-0.25, -0.2) is 0 Å². The Balaban J connectivity index is 0.000000154. The molecule has 2 fully saturated rings. The van der Waals surface area contributed by atoms with Crippen molar-refractivity contribution in [3.8, 4) is 0 Å². The molecule has 2 aliphatic rings. The SMILES string of the molecule is CN1CCC2CCCCC21.Cc1nn(C)c2ccccc12.[HH]. The van der Waals surface area contributed by atoms with E-state index in [0.29, 0.717) is 0 Å². The van der Waals surface area contributed by atoms with Crippen molar-refractivity contribution in [3.63, 3.8) is 0 Å². The van der Waals surface area contributed by atoms with Crippen molar-refractivity contribution in [2.45, 2.75) is 45.1 Å². The Labute approximate surface area is 129 Å². The highest BCUT2D eigenvalue weighted by Crippen LogP contribution is 2.34. The average Bonchev–Trinajstić information content (AvgIpc) is 3.02. The van der Waals surface area contributed by atoms with Crippen LogP contribution in [0.4, 0.5) is 0 Å². The number of fused-ring (bicyclic) bond motifs is 2. The van der Waals surface area contributed by atoms with Crippen LogP contribution >= 0.6 is 0 Å². The van der Waals surface area contributed by atoms with E-state index < -0.39 is 0 Å². The van der Waals surface area contributed by atoms with E-state index in [-0.39, 0.29) is 1.43 Å². The fourth-order valence-corrected chi connectivity index (χ4v) is 4.03. The van der Waals surface area contributed by atoms with Crippen LogP contribution < -0.4 is 0 Å². The van der Waals surface area contributed by atoms with Gasteiger partial charge in [-0.1, -0.05) is 31.0 Å². The Bertz CT molecular complexity index is 569. The molecular formula is C18H29N3. The minimum atomic E-state index is 0. The average molecular weight is 287 g/mol. The van der Waals surface area contributed by atoms with Gasteiger partial charge in [0.25, 0.3) is 0 Å². The third-order valence-corrected chi connectivity index (χ3v) is 5.23. The second-order valence-corrected chi connectivity index (χ2v) is 6.61. The number of likely N-dealkylation sites (tertiary alicyclic amines) is 1. The van der Waals surface area contributed by atoms with Gasteiger partial charge in [0.1, 0.15) is 0 Å². The van der Waals surface area contributed by atoms with Gasteiger partial charge in [-0.2, -0.15) is 5.10 Å². The molecular weight excluding hydrogens is 258 g/mol. The Kier molecular flexibility index (Phi) is 4.29. The predicted molar refractivity (Wildman–Crippen MR) is 90.6 cm³/mol. The maximum Gasteiger partial charge on any atom is 0.0681 e. The number of benzene rings is 1. The highest BCUT2D eigenvalue weighted by Gasteiger charge is 2.32. The predicted octanol–water partition coefficient (Wildman–Crippen LogP) is 4.01. The van der Waals surface area contributed by atoms with Gasteiger partial charge in [0.15, 0.2) is 0 Å². The Morgan fingerprint density at radius 3 is 2.62 bits per heavy atom. The van der Waals surface area contributed by atoms with E-state index in [9.17, 15) is 0 Å². The quantitative estimate of drug-likeness (QED) is 0.730. The van der Waals surface area contributed by atoms with Gasteiger partial charge in [-0.15, -0.1) is 0 Å². The van der Waals surface area contributed by atoms with Crippen LogP contribution in [0.2, 0.25) is 0 Å². The number of hydrogen-bond donors (Lipinski definition) is 0. The Hall–Kier alpha value is -1.35. The summed E-state index contributed by atoms with van der Waals surface area (Å²) in [5.41, 5.74) is 2.30. The zero-order valence-corrected chi connectivity index (χ0v) is 13.5. The Morgan fingerprint density at radius 1 is 1.10 bits per heavy atom. The zero-order valence-electron chi connectivity index (χ0n) is 13.5. The molecule has 0 radical (unpaired) electrons. The summed E-state index contributed by atoms with van der Waals surface area (Å²) in [4.78, 5) is 2.56. The summed E-state index contributed by atoms with van der Waals surface area (Å²) in [5.74, 6) is 1.07. The van der Waals surface area contributed by atoms with E-state index in [4.69, 9.17) is 0 Å². The number of para-hydroxylation sites is 1. The van der Waals surface area contributed by atoms with Crippen molar-refractivity contribution in [1.29, 1.82) is 0 Å². The molecule has 1 aliphatic heterocycles. The number of rotatable bonds is 0. The molecule has 1 saturated heterocycles. The molecule has 2 unspecified atom stereocenters. The molecule has 2 atom stereocenters. The summed E-state index contributed by atoms with van der Waals surface area (Å²) in [7, 11) is 4.26. The van der Waals surface area contributed by atoms with Crippen LogP contribution in [-0.2, 0) is 7.05 Å². The molecule has 2 heterocycles. The van der Waals surface area contributed by atoms with Gasteiger partial charge in [0.2, 0.25) is 0 Å². The second kappa shape index (κ2) is 6.18. The molecule has 3 nitrogen and oxygen atoms in total. The lowest BCUT2D eigenvalue weighted by Crippen LogP contribution is -2.31. The van der Waals surface area contributed by atoms with Crippen molar-refractivity contribution in [1.82, 2.24) is 14.7 Å². The maximum absolute atomic E-state index is 4.31. The molecule has 1 aliphatic carbocycles. The minimum absolute atomic E-state index is 0. The summed E-state index contributed by atoms with van der Waals surface area (Å²) in [6.07, 6.45) is 7.43. The molecule has 21 heavy (non-hydrogen) atoms. The van der Waals surface area contributed by atoms with E-state index in [0.717, 1.165) is 17.7 Å². The smallest absolute Gasteiger partial charge is 0.0681 e. The topological polar surface area (TPSA) is 21.1 Å². The maximum atomic E-state index is 4.31. The van der Waals surface area contributed by atoms with Crippen LogP contribution in [0.15, 0.2) is 24.3 Å². The fraction of sp³-hybridized carbons (Fsp3) is 0.611. The number of nitrogens with zero attached hydrogens (tertiary/aromatic N) is 3. The molecule has 4 rings (SSSR count). The lowest BCUT2D eigenvalue weighted by atomic mass is 9.85. The second-order valence-electron chi connectivity index (χ2n) is 6.61. The van der Waals surface area contributed by atoms with E-state index in [1.165, 1.54) is 49.6 Å². The first-order valence-corrected chi connectivity index (χ1v) is 8.25. The van der Waals surface area contributed by atoms with Gasteiger partial charge in [0, 0.05) is 19.9 Å². The summed E-state index contributed by atoms with van der Waals surface area (Å²) in [5, 5.41) is 5.55. The van der Waals surface area contributed by atoms with Crippen LogP contribution in [0, 0.1) is 12.8 Å². The standard InChI is InChI=1S/C9H10N2.C9H17N.H2/c1-7-8-5-3-4-6-9(8)11(2)10-7;1-10-7-6-8-4-2-3-5-9(8)10;/h3-6H,1-2H3;8-9H,2-7H2,1H3;1H. The molecule has 2 aromatic rings. The van der Waals surface area contributed by atoms with Crippen LogP contribution in [0.25, 0.3) is 10.9 Å². The van der Waals surface area contributed by atoms with Crippen molar-refractivity contribution >= 4 is 10.9 Å².